The van der Waals surface area contributed by atoms with Gasteiger partial charge in [0, 0.05) is 25.0 Å². The van der Waals surface area contributed by atoms with Gasteiger partial charge in [-0.3, -0.25) is 4.79 Å². The zero-order valence-electron chi connectivity index (χ0n) is 12.8. The SMILES string of the molecule is C[C@H]1C[C@@H](C(=O)N(C)C2Cc3ccccc3C2)CCN1.Cl. The van der Waals surface area contributed by atoms with Gasteiger partial charge >= 0.3 is 0 Å². The molecule has 0 spiro atoms. The minimum atomic E-state index is 0. The lowest BCUT2D eigenvalue weighted by atomic mass is 9.91. The molecule has 1 heterocycles. The van der Waals surface area contributed by atoms with E-state index in [0.29, 0.717) is 18.0 Å². The summed E-state index contributed by atoms with van der Waals surface area (Å²) < 4.78 is 0. The molecule has 1 saturated heterocycles. The second kappa shape index (κ2) is 6.80. The zero-order valence-corrected chi connectivity index (χ0v) is 13.7. The average Bonchev–Trinajstić information content (AvgIpc) is 2.89. The number of likely N-dealkylation sites (N-methyl/N-ethyl adjacent to an activating group) is 1. The second-order valence-electron chi connectivity index (χ2n) is 6.36. The quantitative estimate of drug-likeness (QED) is 0.910. The van der Waals surface area contributed by atoms with Crippen LogP contribution in [0.4, 0.5) is 0 Å². The molecule has 0 aromatic heterocycles. The third-order valence-corrected chi connectivity index (χ3v) is 4.90. The molecule has 1 aromatic carbocycles. The first-order valence-corrected chi connectivity index (χ1v) is 7.72. The Morgan fingerprint density at radius 1 is 1.24 bits per heavy atom. The Bertz CT molecular complexity index is 480. The molecule has 0 bridgehead atoms. The molecule has 1 fully saturated rings. The fraction of sp³-hybridized carbons (Fsp3) is 0.588. The van der Waals surface area contributed by atoms with E-state index in [-0.39, 0.29) is 18.3 Å². The standard InChI is InChI=1S/C17H24N2O.ClH/c1-12-9-15(7-8-18-12)17(20)19(2)16-10-13-5-3-4-6-14(13)11-16;/h3-6,12,15-16,18H,7-11H2,1-2H3;1H/t12-,15-;/m0./s1. The lowest BCUT2D eigenvalue weighted by molar-refractivity contribution is -0.137. The number of benzene rings is 1. The molecule has 0 radical (unpaired) electrons. The Kier molecular flexibility index (Phi) is 5.28. The van der Waals surface area contributed by atoms with Gasteiger partial charge in [0.15, 0.2) is 0 Å². The third kappa shape index (κ3) is 3.41. The van der Waals surface area contributed by atoms with E-state index in [9.17, 15) is 4.79 Å². The third-order valence-electron chi connectivity index (χ3n) is 4.90. The van der Waals surface area contributed by atoms with Gasteiger partial charge in [0.1, 0.15) is 0 Å². The van der Waals surface area contributed by atoms with Gasteiger partial charge in [-0.15, -0.1) is 12.4 Å². The number of piperidine rings is 1. The average molecular weight is 309 g/mol. The minimum Gasteiger partial charge on any atom is -0.342 e. The summed E-state index contributed by atoms with van der Waals surface area (Å²) in [5, 5.41) is 3.42. The van der Waals surface area contributed by atoms with Gasteiger partial charge in [0.05, 0.1) is 0 Å². The van der Waals surface area contributed by atoms with Crippen molar-refractivity contribution in [2.24, 2.45) is 5.92 Å². The number of nitrogens with one attached hydrogen (secondary N) is 1. The van der Waals surface area contributed by atoms with Crippen molar-refractivity contribution in [3.05, 3.63) is 35.4 Å². The number of hydrogen-bond donors (Lipinski definition) is 1. The van der Waals surface area contributed by atoms with E-state index in [1.165, 1.54) is 11.1 Å². The van der Waals surface area contributed by atoms with Crippen LogP contribution in [0.2, 0.25) is 0 Å². The van der Waals surface area contributed by atoms with Crippen molar-refractivity contribution in [1.29, 1.82) is 0 Å². The molecule has 0 unspecified atom stereocenters. The lowest BCUT2D eigenvalue weighted by Crippen LogP contribution is -2.46. The molecule has 116 valence electrons. The van der Waals surface area contributed by atoms with Gasteiger partial charge in [0.2, 0.25) is 5.91 Å². The van der Waals surface area contributed by atoms with Gasteiger partial charge < -0.3 is 10.2 Å². The van der Waals surface area contributed by atoms with Gasteiger partial charge in [-0.2, -0.15) is 0 Å². The first kappa shape index (κ1) is 16.3. The maximum atomic E-state index is 12.7. The molecule has 3 nitrogen and oxygen atoms in total. The largest absolute Gasteiger partial charge is 0.342 e. The van der Waals surface area contributed by atoms with E-state index < -0.39 is 0 Å². The Balaban J connectivity index is 0.00000161. The van der Waals surface area contributed by atoms with Crippen molar-refractivity contribution in [2.45, 2.75) is 44.7 Å². The fourth-order valence-electron chi connectivity index (χ4n) is 3.63. The molecule has 4 heteroatoms. The molecular weight excluding hydrogens is 284 g/mol. The van der Waals surface area contributed by atoms with Crippen LogP contribution in [-0.4, -0.2) is 36.5 Å². The minimum absolute atomic E-state index is 0. The first-order valence-electron chi connectivity index (χ1n) is 7.72. The molecule has 21 heavy (non-hydrogen) atoms. The van der Waals surface area contributed by atoms with Crippen molar-refractivity contribution in [3.8, 4) is 0 Å². The number of rotatable bonds is 2. The summed E-state index contributed by atoms with van der Waals surface area (Å²) in [4.78, 5) is 14.7. The van der Waals surface area contributed by atoms with Crippen molar-refractivity contribution in [3.63, 3.8) is 0 Å². The highest BCUT2D eigenvalue weighted by molar-refractivity contribution is 5.85. The number of nitrogens with zero attached hydrogens (tertiary/aromatic N) is 1. The second-order valence-corrected chi connectivity index (χ2v) is 6.36. The number of carbonyl (C=O) groups is 1. The number of halogens is 1. The summed E-state index contributed by atoms with van der Waals surface area (Å²) in [5.41, 5.74) is 2.83. The molecule has 3 rings (SSSR count). The van der Waals surface area contributed by atoms with Gasteiger partial charge in [0.25, 0.3) is 0 Å². The van der Waals surface area contributed by atoms with E-state index in [1.54, 1.807) is 0 Å². The molecule has 1 aliphatic heterocycles. The van der Waals surface area contributed by atoms with Crippen molar-refractivity contribution in [1.82, 2.24) is 10.2 Å². The van der Waals surface area contributed by atoms with E-state index in [1.807, 2.05) is 11.9 Å². The van der Waals surface area contributed by atoms with Crippen LogP contribution >= 0.6 is 12.4 Å². The highest BCUT2D eigenvalue weighted by atomic mass is 35.5. The van der Waals surface area contributed by atoms with Crippen LogP contribution in [0.1, 0.15) is 30.9 Å². The van der Waals surface area contributed by atoms with Crippen LogP contribution in [-0.2, 0) is 17.6 Å². The van der Waals surface area contributed by atoms with Crippen LogP contribution in [0.25, 0.3) is 0 Å². The maximum absolute atomic E-state index is 12.7. The number of amides is 1. The topological polar surface area (TPSA) is 32.3 Å². The first-order chi connectivity index (χ1) is 9.65. The van der Waals surface area contributed by atoms with E-state index in [4.69, 9.17) is 0 Å². The summed E-state index contributed by atoms with van der Waals surface area (Å²) in [6.07, 6.45) is 3.98. The Morgan fingerprint density at radius 2 is 1.86 bits per heavy atom. The highest BCUT2D eigenvalue weighted by Gasteiger charge is 2.32. The summed E-state index contributed by atoms with van der Waals surface area (Å²) in [6.45, 7) is 3.14. The molecule has 1 N–H and O–H groups in total. The van der Waals surface area contributed by atoms with E-state index in [2.05, 4.69) is 36.5 Å². The van der Waals surface area contributed by atoms with Gasteiger partial charge in [-0.25, -0.2) is 0 Å². The number of fused-ring (bicyclic) bond motifs is 1. The predicted octanol–water partition coefficient (Wildman–Crippen LogP) is 2.42. The van der Waals surface area contributed by atoms with Crippen molar-refractivity contribution >= 4 is 18.3 Å². The van der Waals surface area contributed by atoms with Crippen LogP contribution in [0.3, 0.4) is 0 Å². The van der Waals surface area contributed by atoms with Crippen molar-refractivity contribution < 1.29 is 4.79 Å². The molecule has 0 saturated carbocycles. The number of carbonyl (C=O) groups excluding carboxylic acids is 1. The Hall–Kier alpha value is -1.06. The summed E-state index contributed by atoms with van der Waals surface area (Å²) in [5.74, 6) is 0.552. The zero-order chi connectivity index (χ0) is 14.1. The highest BCUT2D eigenvalue weighted by Crippen LogP contribution is 2.27. The summed E-state index contributed by atoms with van der Waals surface area (Å²) in [7, 11) is 1.99. The molecule has 1 amide bonds. The maximum Gasteiger partial charge on any atom is 0.225 e. The molecule has 2 atom stereocenters. The normalized spacial score (nSPS) is 25.0. The molecule has 2 aliphatic rings. The molecular formula is C17H25ClN2O. The monoisotopic (exact) mass is 308 g/mol. The summed E-state index contributed by atoms with van der Waals surface area (Å²) in [6, 6.07) is 9.40. The van der Waals surface area contributed by atoms with Crippen LogP contribution in [0, 0.1) is 5.92 Å². The Morgan fingerprint density at radius 3 is 2.43 bits per heavy atom. The van der Waals surface area contributed by atoms with Crippen LogP contribution in [0.15, 0.2) is 24.3 Å². The van der Waals surface area contributed by atoms with Crippen LogP contribution < -0.4 is 5.32 Å². The van der Waals surface area contributed by atoms with Crippen LogP contribution in [0.5, 0.6) is 0 Å². The number of hydrogen-bond acceptors (Lipinski definition) is 2. The summed E-state index contributed by atoms with van der Waals surface area (Å²) >= 11 is 0. The van der Waals surface area contributed by atoms with Gasteiger partial charge in [-0.05, 0) is 50.3 Å². The lowest BCUT2D eigenvalue weighted by Gasteiger charge is -2.33. The Labute approximate surface area is 133 Å². The van der Waals surface area contributed by atoms with Gasteiger partial charge in [-0.1, -0.05) is 24.3 Å². The van der Waals surface area contributed by atoms with E-state index >= 15 is 0 Å². The fourth-order valence-corrected chi connectivity index (χ4v) is 3.63. The van der Waals surface area contributed by atoms with E-state index in [0.717, 1.165) is 32.2 Å². The molecule has 1 aliphatic carbocycles. The predicted molar refractivity (Wildman–Crippen MR) is 87.8 cm³/mol. The molecule has 1 aromatic rings. The van der Waals surface area contributed by atoms with Crippen molar-refractivity contribution in [2.75, 3.05) is 13.6 Å². The smallest absolute Gasteiger partial charge is 0.225 e.